The summed E-state index contributed by atoms with van der Waals surface area (Å²) >= 11 is 0. The van der Waals surface area contributed by atoms with Crippen molar-refractivity contribution in [3.63, 3.8) is 0 Å². The zero-order valence-corrected chi connectivity index (χ0v) is 13.7. The molecule has 1 aromatic rings. The lowest BCUT2D eigenvalue weighted by molar-refractivity contribution is 0.170. The Bertz CT molecular complexity index is 407. The molecule has 0 aromatic heterocycles. The van der Waals surface area contributed by atoms with Gasteiger partial charge in [0.1, 0.15) is 0 Å². The van der Waals surface area contributed by atoms with E-state index in [2.05, 4.69) is 26.0 Å². The first kappa shape index (κ1) is 17.9. The van der Waals surface area contributed by atoms with Crippen molar-refractivity contribution in [3.05, 3.63) is 23.8 Å². The summed E-state index contributed by atoms with van der Waals surface area (Å²) in [4.78, 5) is 0. The third kappa shape index (κ3) is 6.00. The van der Waals surface area contributed by atoms with E-state index >= 15 is 0 Å². The predicted octanol–water partition coefficient (Wildman–Crippen LogP) is 3.51. The molecule has 1 atom stereocenters. The molecule has 0 aliphatic heterocycles. The first-order valence-electron chi connectivity index (χ1n) is 7.61. The van der Waals surface area contributed by atoms with E-state index in [4.69, 9.17) is 22.1 Å². The van der Waals surface area contributed by atoms with E-state index in [1.807, 2.05) is 6.07 Å². The summed E-state index contributed by atoms with van der Waals surface area (Å²) < 4.78 is 16.2. The fourth-order valence-electron chi connectivity index (χ4n) is 2.24. The van der Waals surface area contributed by atoms with Crippen LogP contribution in [0.4, 0.5) is 0 Å². The van der Waals surface area contributed by atoms with Gasteiger partial charge in [0, 0.05) is 20.1 Å². The Morgan fingerprint density at radius 3 is 2.43 bits per heavy atom. The smallest absolute Gasteiger partial charge is 0.161 e. The summed E-state index contributed by atoms with van der Waals surface area (Å²) in [5, 5.41) is 0. The molecule has 0 aliphatic rings. The highest BCUT2D eigenvalue weighted by Gasteiger charge is 2.13. The number of rotatable bonds is 10. The zero-order chi connectivity index (χ0) is 15.7. The van der Waals surface area contributed by atoms with Crippen LogP contribution in [0, 0.1) is 11.8 Å². The summed E-state index contributed by atoms with van der Waals surface area (Å²) in [6.07, 6.45) is 2.53. The second kappa shape index (κ2) is 9.72. The lowest BCUT2D eigenvalue weighted by atomic mass is 9.79. The van der Waals surface area contributed by atoms with Crippen LogP contribution in [0.2, 0.25) is 6.32 Å². The van der Waals surface area contributed by atoms with Gasteiger partial charge < -0.3 is 14.2 Å². The van der Waals surface area contributed by atoms with Gasteiger partial charge in [0.2, 0.25) is 0 Å². The van der Waals surface area contributed by atoms with Crippen molar-refractivity contribution in [1.29, 1.82) is 0 Å². The normalized spacial score (nSPS) is 12.4. The molecule has 0 aliphatic carbocycles. The number of hydrogen-bond acceptors (Lipinski definition) is 3. The molecule has 0 fully saturated rings. The average molecular weight is 290 g/mol. The predicted molar refractivity (Wildman–Crippen MR) is 87.6 cm³/mol. The molecular weight excluding hydrogens is 263 g/mol. The van der Waals surface area contributed by atoms with Crippen molar-refractivity contribution in [1.82, 2.24) is 0 Å². The molecule has 0 saturated heterocycles. The van der Waals surface area contributed by atoms with Crippen molar-refractivity contribution in [2.75, 3.05) is 27.4 Å². The Hall–Kier alpha value is -1.16. The van der Waals surface area contributed by atoms with E-state index in [1.54, 1.807) is 14.2 Å². The molecule has 0 heterocycles. The van der Waals surface area contributed by atoms with Crippen molar-refractivity contribution in [3.8, 4) is 11.5 Å². The van der Waals surface area contributed by atoms with Gasteiger partial charge in [-0.05, 0) is 36.0 Å². The quantitative estimate of drug-likeness (QED) is 0.487. The van der Waals surface area contributed by atoms with E-state index in [0.717, 1.165) is 24.3 Å². The van der Waals surface area contributed by atoms with E-state index in [0.29, 0.717) is 31.4 Å². The van der Waals surface area contributed by atoms with E-state index < -0.39 is 0 Å². The largest absolute Gasteiger partial charge is 0.493 e. The molecule has 0 spiro atoms. The van der Waals surface area contributed by atoms with Crippen LogP contribution in [0.5, 0.6) is 11.5 Å². The molecule has 1 rings (SSSR count). The molecule has 0 amide bonds. The van der Waals surface area contributed by atoms with Crippen LogP contribution in [0.3, 0.4) is 0 Å². The lowest BCUT2D eigenvalue weighted by Gasteiger charge is -2.20. The zero-order valence-electron chi connectivity index (χ0n) is 13.7. The van der Waals surface area contributed by atoms with Crippen LogP contribution in [-0.2, 0) is 11.2 Å². The monoisotopic (exact) mass is 290 g/mol. The fourth-order valence-corrected chi connectivity index (χ4v) is 2.24. The molecule has 1 unspecified atom stereocenters. The Balaban J connectivity index is 2.74. The van der Waals surface area contributed by atoms with E-state index in [1.165, 1.54) is 5.56 Å². The van der Waals surface area contributed by atoms with Gasteiger partial charge in [0.15, 0.2) is 11.5 Å². The molecule has 0 bridgehead atoms. The molecule has 1 aromatic carbocycles. The number of benzene rings is 1. The number of methoxy groups -OCH3 is 2. The van der Waals surface area contributed by atoms with Crippen LogP contribution in [0.25, 0.3) is 0 Å². The second-order valence-electron chi connectivity index (χ2n) is 5.62. The van der Waals surface area contributed by atoms with Gasteiger partial charge in [-0.3, -0.25) is 0 Å². The van der Waals surface area contributed by atoms with Crippen LogP contribution in [0.15, 0.2) is 18.2 Å². The Kier molecular flexibility index (Phi) is 8.28. The van der Waals surface area contributed by atoms with Crippen LogP contribution >= 0.6 is 0 Å². The third-order valence-electron chi connectivity index (χ3n) is 3.72. The summed E-state index contributed by atoms with van der Waals surface area (Å²) in [7, 11) is 9.21. The minimum Gasteiger partial charge on any atom is -0.493 e. The highest BCUT2D eigenvalue weighted by molar-refractivity contribution is 6.08. The summed E-state index contributed by atoms with van der Waals surface area (Å²) in [5.74, 6) is 2.62. The summed E-state index contributed by atoms with van der Waals surface area (Å²) in [6, 6.07) is 6.12. The highest BCUT2D eigenvalue weighted by atomic mass is 16.5. The van der Waals surface area contributed by atoms with Gasteiger partial charge in [-0.25, -0.2) is 0 Å². The Labute approximate surface area is 130 Å². The van der Waals surface area contributed by atoms with Crippen molar-refractivity contribution in [2.45, 2.75) is 33.0 Å². The SMILES string of the molecule is [B]CC(Cc1ccc(OC)c(OCCCOC)c1)C(C)C. The first-order valence-corrected chi connectivity index (χ1v) is 7.61. The van der Waals surface area contributed by atoms with E-state index in [9.17, 15) is 0 Å². The van der Waals surface area contributed by atoms with Crippen molar-refractivity contribution < 1.29 is 14.2 Å². The van der Waals surface area contributed by atoms with Gasteiger partial charge >= 0.3 is 0 Å². The molecule has 0 saturated carbocycles. The third-order valence-corrected chi connectivity index (χ3v) is 3.72. The highest BCUT2D eigenvalue weighted by Crippen LogP contribution is 2.30. The van der Waals surface area contributed by atoms with Crippen molar-refractivity contribution >= 4 is 7.85 Å². The van der Waals surface area contributed by atoms with Crippen LogP contribution in [-0.4, -0.2) is 35.3 Å². The van der Waals surface area contributed by atoms with E-state index in [-0.39, 0.29) is 0 Å². The summed E-state index contributed by atoms with van der Waals surface area (Å²) in [5.41, 5.74) is 1.24. The molecule has 0 N–H and O–H groups in total. The summed E-state index contributed by atoms with van der Waals surface area (Å²) in [6.45, 7) is 5.75. The molecule has 3 nitrogen and oxygen atoms in total. The number of ether oxygens (including phenoxy) is 3. The molecule has 116 valence electrons. The minimum atomic E-state index is 0.486. The minimum absolute atomic E-state index is 0.486. The Morgan fingerprint density at radius 2 is 1.86 bits per heavy atom. The lowest BCUT2D eigenvalue weighted by Crippen LogP contribution is -2.11. The van der Waals surface area contributed by atoms with Crippen LogP contribution in [0.1, 0.15) is 25.8 Å². The van der Waals surface area contributed by atoms with Gasteiger partial charge in [-0.1, -0.05) is 26.2 Å². The fraction of sp³-hybridized carbons (Fsp3) is 0.647. The number of hydrogen-bond donors (Lipinski definition) is 0. The molecule has 4 heteroatoms. The van der Waals surface area contributed by atoms with Gasteiger partial charge in [-0.2, -0.15) is 0 Å². The van der Waals surface area contributed by atoms with Crippen molar-refractivity contribution in [2.24, 2.45) is 11.8 Å². The van der Waals surface area contributed by atoms with Crippen LogP contribution < -0.4 is 9.47 Å². The first-order chi connectivity index (χ1) is 10.1. The maximum atomic E-state index is 5.86. The second-order valence-corrected chi connectivity index (χ2v) is 5.62. The standard InChI is InChI=1S/C17H27BO3/c1-13(2)15(12-18)10-14-6-7-16(20-4)17(11-14)21-9-5-8-19-3/h6-7,11,13,15H,5,8-10,12H2,1-4H3. The Morgan fingerprint density at radius 1 is 1.10 bits per heavy atom. The van der Waals surface area contributed by atoms with Gasteiger partial charge in [0.05, 0.1) is 21.6 Å². The maximum Gasteiger partial charge on any atom is 0.161 e. The molecule has 2 radical (unpaired) electrons. The average Bonchev–Trinajstić information content (AvgIpc) is 2.49. The molecular formula is C17H27BO3. The van der Waals surface area contributed by atoms with Gasteiger partial charge in [-0.15, -0.1) is 0 Å². The maximum absolute atomic E-state index is 5.86. The van der Waals surface area contributed by atoms with Gasteiger partial charge in [0.25, 0.3) is 0 Å². The molecule has 21 heavy (non-hydrogen) atoms. The topological polar surface area (TPSA) is 27.7 Å².